The molecule has 1 aromatic rings. The first-order chi connectivity index (χ1) is 8.61. The Morgan fingerprint density at radius 2 is 2.11 bits per heavy atom. The molecule has 1 spiro atoms. The molecule has 1 saturated carbocycles. The lowest BCUT2D eigenvalue weighted by molar-refractivity contribution is 0.0715. The van der Waals surface area contributed by atoms with E-state index in [0.717, 1.165) is 23.9 Å². The predicted molar refractivity (Wildman–Crippen MR) is 69.9 cm³/mol. The Bertz CT molecular complexity index is 471. The second kappa shape index (κ2) is 4.28. The van der Waals surface area contributed by atoms with E-state index in [1.54, 1.807) is 17.3 Å². The van der Waals surface area contributed by atoms with E-state index in [1.807, 2.05) is 0 Å². The van der Waals surface area contributed by atoms with Gasteiger partial charge < -0.3 is 10.6 Å². The number of aromatic nitrogens is 2. The molecule has 96 valence electrons. The molecule has 1 atom stereocenters. The first-order valence-corrected chi connectivity index (χ1v) is 6.92. The molecule has 2 aliphatic rings. The normalized spacial score (nSPS) is 25.2. The maximum Gasteiger partial charge on any atom is 0.291 e. The summed E-state index contributed by atoms with van der Waals surface area (Å²) in [5.41, 5.74) is 6.33. The summed E-state index contributed by atoms with van der Waals surface area (Å²) in [7, 11) is 0. The summed E-state index contributed by atoms with van der Waals surface area (Å²) in [5, 5.41) is 0. The molecule has 1 aliphatic carbocycles. The molecule has 2 heterocycles. The molecule has 3 rings (SSSR count). The molecule has 1 aromatic heterocycles. The highest BCUT2D eigenvalue weighted by molar-refractivity contribution is 9.10. The number of nitrogens with zero attached hydrogens (tertiary/aromatic N) is 3. The number of rotatable bonds is 1. The number of hydrogen-bond donors (Lipinski definition) is 1. The Morgan fingerprint density at radius 1 is 1.44 bits per heavy atom. The Morgan fingerprint density at radius 3 is 2.61 bits per heavy atom. The number of likely N-dealkylation sites (tertiary alicyclic amines) is 1. The van der Waals surface area contributed by atoms with E-state index in [2.05, 4.69) is 25.9 Å². The van der Waals surface area contributed by atoms with Gasteiger partial charge in [0.15, 0.2) is 0 Å². The first-order valence-electron chi connectivity index (χ1n) is 6.13. The predicted octanol–water partition coefficient (Wildman–Crippen LogP) is 1.19. The van der Waals surface area contributed by atoms with Crippen LogP contribution in [0.3, 0.4) is 0 Å². The van der Waals surface area contributed by atoms with Crippen LogP contribution in [-0.2, 0) is 0 Å². The molecule has 2 N–H and O–H groups in total. The number of carbonyl (C=O) groups excluding carboxylic acids is 1. The molecule has 2 fully saturated rings. The standard InChI is InChI=1S/C12H15BrN4O/c13-8-4-15-10(16-5-8)11(18)17-6-9(14)12(7-17)2-1-3-12/h4-5,9H,1-3,6-7,14H2. The molecular formula is C12H15BrN4O. The minimum atomic E-state index is -0.110. The van der Waals surface area contributed by atoms with Gasteiger partial charge in [0.25, 0.3) is 5.91 Å². The van der Waals surface area contributed by atoms with Crippen LogP contribution in [-0.4, -0.2) is 39.9 Å². The van der Waals surface area contributed by atoms with Gasteiger partial charge in [-0.05, 0) is 28.8 Å². The lowest BCUT2D eigenvalue weighted by Crippen LogP contribution is -2.45. The van der Waals surface area contributed by atoms with Crippen molar-refractivity contribution in [3.05, 3.63) is 22.7 Å². The van der Waals surface area contributed by atoms with E-state index >= 15 is 0 Å². The highest BCUT2D eigenvalue weighted by atomic mass is 79.9. The SMILES string of the molecule is NC1CN(C(=O)c2ncc(Br)cn2)CC12CCC2. The lowest BCUT2D eigenvalue weighted by atomic mass is 9.66. The topological polar surface area (TPSA) is 72.1 Å². The van der Waals surface area contributed by atoms with Crippen LogP contribution in [0.5, 0.6) is 0 Å². The molecule has 6 heteroatoms. The van der Waals surface area contributed by atoms with Crippen molar-refractivity contribution in [2.75, 3.05) is 13.1 Å². The summed E-state index contributed by atoms with van der Waals surface area (Å²) in [6.45, 7) is 1.38. The van der Waals surface area contributed by atoms with Crippen LogP contribution in [0.1, 0.15) is 29.9 Å². The molecule has 0 radical (unpaired) electrons. The van der Waals surface area contributed by atoms with Crippen molar-refractivity contribution in [1.29, 1.82) is 0 Å². The van der Waals surface area contributed by atoms with Gasteiger partial charge in [-0.25, -0.2) is 9.97 Å². The maximum absolute atomic E-state index is 12.3. The molecule has 0 aromatic carbocycles. The Balaban J connectivity index is 1.76. The number of halogens is 1. The summed E-state index contributed by atoms with van der Waals surface area (Å²) >= 11 is 3.26. The number of amides is 1. The lowest BCUT2D eigenvalue weighted by Gasteiger charge is -2.41. The molecular weight excluding hydrogens is 296 g/mol. The van der Waals surface area contributed by atoms with E-state index in [9.17, 15) is 4.79 Å². The van der Waals surface area contributed by atoms with Crippen molar-refractivity contribution < 1.29 is 4.79 Å². The van der Waals surface area contributed by atoms with Gasteiger partial charge in [0.1, 0.15) is 0 Å². The highest BCUT2D eigenvalue weighted by Crippen LogP contribution is 2.47. The van der Waals surface area contributed by atoms with E-state index in [1.165, 1.54) is 6.42 Å². The second-order valence-corrected chi connectivity index (χ2v) is 6.15. The minimum absolute atomic E-state index is 0.102. The van der Waals surface area contributed by atoms with Crippen LogP contribution in [0.2, 0.25) is 0 Å². The monoisotopic (exact) mass is 310 g/mol. The van der Waals surface area contributed by atoms with Gasteiger partial charge >= 0.3 is 0 Å². The van der Waals surface area contributed by atoms with Gasteiger partial charge in [-0.3, -0.25) is 4.79 Å². The number of nitrogens with two attached hydrogens (primary N) is 1. The molecule has 1 amide bonds. The van der Waals surface area contributed by atoms with Crippen LogP contribution < -0.4 is 5.73 Å². The first kappa shape index (κ1) is 12.0. The van der Waals surface area contributed by atoms with E-state index in [0.29, 0.717) is 6.54 Å². The zero-order valence-electron chi connectivity index (χ0n) is 9.97. The van der Waals surface area contributed by atoms with Crippen molar-refractivity contribution in [2.24, 2.45) is 11.1 Å². The third kappa shape index (κ3) is 1.83. The zero-order valence-corrected chi connectivity index (χ0v) is 11.6. The van der Waals surface area contributed by atoms with Crippen LogP contribution in [0.25, 0.3) is 0 Å². The zero-order chi connectivity index (χ0) is 12.8. The van der Waals surface area contributed by atoms with E-state index < -0.39 is 0 Å². The van der Waals surface area contributed by atoms with E-state index in [4.69, 9.17) is 5.73 Å². The van der Waals surface area contributed by atoms with Gasteiger partial charge in [0, 0.05) is 36.9 Å². The van der Waals surface area contributed by atoms with Crippen LogP contribution in [0, 0.1) is 5.41 Å². The molecule has 1 aliphatic heterocycles. The maximum atomic E-state index is 12.3. The fourth-order valence-electron chi connectivity index (χ4n) is 2.87. The smallest absolute Gasteiger partial charge is 0.291 e. The fraction of sp³-hybridized carbons (Fsp3) is 0.583. The molecule has 1 unspecified atom stereocenters. The molecule has 5 nitrogen and oxygen atoms in total. The van der Waals surface area contributed by atoms with Gasteiger partial charge in [0.2, 0.25) is 5.82 Å². The highest BCUT2D eigenvalue weighted by Gasteiger charge is 2.50. The minimum Gasteiger partial charge on any atom is -0.334 e. The average molecular weight is 311 g/mol. The van der Waals surface area contributed by atoms with Gasteiger partial charge in [-0.2, -0.15) is 0 Å². The molecule has 0 bridgehead atoms. The van der Waals surface area contributed by atoms with Crippen molar-refractivity contribution in [3.63, 3.8) is 0 Å². The summed E-state index contributed by atoms with van der Waals surface area (Å²) < 4.78 is 0.771. The van der Waals surface area contributed by atoms with Gasteiger partial charge in [-0.15, -0.1) is 0 Å². The third-order valence-corrected chi connectivity index (χ3v) is 4.57. The summed E-state index contributed by atoms with van der Waals surface area (Å²) in [5.74, 6) is 0.142. The van der Waals surface area contributed by atoms with Gasteiger partial charge in [-0.1, -0.05) is 6.42 Å². The van der Waals surface area contributed by atoms with Crippen molar-refractivity contribution >= 4 is 21.8 Å². The molecule has 18 heavy (non-hydrogen) atoms. The van der Waals surface area contributed by atoms with Crippen molar-refractivity contribution in [1.82, 2.24) is 14.9 Å². The van der Waals surface area contributed by atoms with Crippen LogP contribution >= 0.6 is 15.9 Å². The number of hydrogen-bond acceptors (Lipinski definition) is 4. The van der Waals surface area contributed by atoms with Crippen LogP contribution in [0.4, 0.5) is 0 Å². The Kier molecular flexibility index (Phi) is 2.86. The van der Waals surface area contributed by atoms with Crippen molar-refractivity contribution in [3.8, 4) is 0 Å². The van der Waals surface area contributed by atoms with Gasteiger partial charge in [0.05, 0.1) is 4.47 Å². The fourth-order valence-corrected chi connectivity index (χ4v) is 3.08. The quantitative estimate of drug-likeness (QED) is 0.846. The summed E-state index contributed by atoms with van der Waals surface area (Å²) in [6.07, 6.45) is 6.69. The van der Waals surface area contributed by atoms with Crippen LogP contribution in [0.15, 0.2) is 16.9 Å². The Labute approximate surface area is 114 Å². The number of carbonyl (C=O) groups is 1. The van der Waals surface area contributed by atoms with Crippen molar-refractivity contribution in [2.45, 2.75) is 25.3 Å². The largest absolute Gasteiger partial charge is 0.334 e. The summed E-state index contributed by atoms with van der Waals surface area (Å²) in [4.78, 5) is 22.2. The summed E-state index contributed by atoms with van der Waals surface area (Å²) in [6, 6.07) is 0.102. The average Bonchev–Trinajstić information content (AvgIpc) is 2.67. The Hall–Kier alpha value is -1.01. The van der Waals surface area contributed by atoms with E-state index in [-0.39, 0.29) is 23.2 Å². The molecule has 1 saturated heterocycles. The third-order valence-electron chi connectivity index (χ3n) is 4.16. The second-order valence-electron chi connectivity index (χ2n) is 5.23.